The number of halogens is 1. The normalized spacial score (nSPS) is 12.3. The van der Waals surface area contributed by atoms with Crippen molar-refractivity contribution in [2.24, 2.45) is 5.84 Å². The van der Waals surface area contributed by atoms with Crippen molar-refractivity contribution in [1.29, 1.82) is 0 Å². The van der Waals surface area contributed by atoms with Crippen LogP contribution in [0.15, 0.2) is 48.5 Å². The molecule has 0 bridgehead atoms. The monoisotopic (exact) mass is 245 g/mol. The molecule has 0 aliphatic carbocycles. The Morgan fingerprint density at radius 3 is 2.39 bits per heavy atom. The molecule has 0 radical (unpaired) electrons. The van der Waals surface area contributed by atoms with E-state index in [1.54, 1.807) is 24.3 Å². The predicted molar refractivity (Wildman–Crippen MR) is 71.0 cm³/mol. The minimum absolute atomic E-state index is 0.205. The van der Waals surface area contributed by atoms with E-state index < -0.39 is 0 Å². The maximum atomic E-state index is 13.6. The van der Waals surface area contributed by atoms with Gasteiger partial charge in [0.15, 0.2) is 0 Å². The molecular weight excluding hydrogens is 229 g/mol. The molecule has 1 unspecified atom stereocenters. The van der Waals surface area contributed by atoms with Crippen molar-refractivity contribution in [2.75, 3.05) is 5.73 Å². The summed E-state index contributed by atoms with van der Waals surface area (Å²) >= 11 is 0. The van der Waals surface area contributed by atoms with Gasteiger partial charge in [0.2, 0.25) is 0 Å². The van der Waals surface area contributed by atoms with Crippen molar-refractivity contribution >= 4 is 5.69 Å². The molecule has 2 aromatic carbocycles. The van der Waals surface area contributed by atoms with Crippen LogP contribution in [0.25, 0.3) is 0 Å². The van der Waals surface area contributed by atoms with Gasteiger partial charge in [-0.3, -0.25) is 11.3 Å². The van der Waals surface area contributed by atoms with Crippen LogP contribution in [0.4, 0.5) is 10.1 Å². The van der Waals surface area contributed by atoms with Crippen molar-refractivity contribution in [3.8, 4) is 0 Å². The zero-order chi connectivity index (χ0) is 13.0. The molecule has 94 valence electrons. The van der Waals surface area contributed by atoms with Crippen molar-refractivity contribution in [2.45, 2.75) is 12.5 Å². The average Bonchev–Trinajstić information content (AvgIpc) is 2.39. The van der Waals surface area contributed by atoms with Crippen molar-refractivity contribution in [3.05, 3.63) is 65.5 Å². The number of rotatable bonds is 4. The smallest absolute Gasteiger partial charge is 0.126 e. The number of para-hydroxylation sites is 1. The van der Waals surface area contributed by atoms with Crippen molar-refractivity contribution < 1.29 is 4.39 Å². The Morgan fingerprint density at radius 2 is 1.72 bits per heavy atom. The van der Waals surface area contributed by atoms with E-state index in [0.29, 0.717) is 17.7 Å². The quantitative estimate of drug-likeness (QED) is 0.439. The molecule has 2 rings (SSSR count). The molecule has 0 saturated heterocycles. The molecule has 0 aliphatic heterocycles. The summed E-state index contributed by atoms with van der Waals surface area (Å²) < 4.78 is 13.6. The molecule has 0 spiro atoms. The van der Waals surface area contributed by atoms with E-state index in [2.05, 4.69) is 5.43 Å². The molecule has 18 heavy (non-hydrogen) atoms. The van der Waals surface area contributed by atoms with E-state index in [1.807, 2.05) is 18.2 Å². The molecule has 3 nitrogen and oxygen atoms in total. The van der Waals surface area contributed by atoms with Gasteiger partial charge in [0, 0.05) is 5.69 Å². The lowest BCUT2D eigenvalue weighted by molar-refractivity contribution is 0.530. The van der Waals surface area contributed by atoms with Crippen LogP contribution in [0.2, 0.25) is 0 Å². The Morgan fingerprint density at radius 1 is 1.06 bits per heavy atom. The van der Waals surface area contributed by atoms with Crippen molar-refractivity contribution in [3.63, 3.8) is 0 Å². The third-order valence-electron chi connectivity index (χ3n) is 2.95. The topological polar surface area (TPSA) is 64.1 Å². The van der Waals surface area contributed by atoms with Crippen molar-refractivity contribution in [1.82, 2.24) is 5.43 Å². The van der Waals surface area contributed by atoms with Crippen LogP contribution in [0.5, 0.6) is 0 Å². The van der Waals surface area contributed by atoms with Gasteiger partial charge in [-0.1, -0.05) is 36.4 Å². The summed E-state index contributed by atoms with van der Waals surface area (Å²) in [6.07, 6.45) is 0.456. The maximum absolute atomic E-state index is 13.6. The second-order valence-corrected chi connectivity index (χ2v) is 4.14. The standard InChI is InChI=1S/C14H16FN3/c15-12-7-3-1-5-10(12)9-14(18-17)11-6-2-4-8-13(11)16/h1-8,14,18H,9,16-17H2. The summed E-state index contributed by atoms with van der Waals surface area (Å²) in [4.78, 5) is 0. The molecule has 2 aromatic rings. The van der Waals surface area contributed by atoms with Crippen LogP contribution < -0.4 is 17.0 Å². The van der Waals surface area contributed by atoms with Gasteiger partial charge in [-0.25, -0.2) is 4.39 Å². The largest absolute Gasteiger partial charge is 0.398 e. The maximum Gasteiger partial charge on any atom is 0.126 e. The first-order valence-corrected chi connectivity index (χ1v) is 5.76. The predicted octanol–water partition coefficient (Wildman–Crippen LogP) is 2.15. The van der Waals surface area contributed by atoms with Crippen LogP contribution in [-0.4, -0.2) is 0 Å². The highest BCUT2D eigenvalue weighted by atomic mass is 19.1. The lowest BCUT2D eigenvalue weighted by Crippen LogP contribution is -2.30. The summed E-state index contributed by atoms with van der Waals surface area (Å²) in [5.41, 5.74) is 10.7. The minimum atomic E-state index is -0.229. The second-order valence-electron chi connectivity index (χ2n) is 4.14. The van der Waals surface area contributed by atoms with E-state index in [-0.39, 0.29) is 11.9 Å². The zero-order valence-corrected chi connectivity index (χ0v) is 9.94. The van der Waals surface area contributed by atoms with Gasteiger partial charge in [-0.2, -0.15) is 0 Å². The lowest BCUT2D eigenvalue weighted by atomic mass is 9.98. The molecule has 0 aromatic heterocycles. The highest BCUT2D eigenvalue weighted by Gasteiger charge is 2.14. The van der Waals surface area contributed by atoms with Gasteiger partial charge < -0.3 is 5.73 Å². The van der Waals surface area contributed by atoms with E-state index >= 15 is 0 Å². The Labute approximate surface area is 106 Å². The SMILES string of the molecule is NNC(Cc1ccccc1F)c1ccccc1N. The number of hydrogen-bond acceptors (Lipinski definition) is 3. The van der Waals surface area contributed by atoms with Gasteiger partial charge in [0.25, 0.3) is 0 Å². The Bertz CT molecular complexity index is 528. The number of hydrogen-bond donors (Lipinski definition) is 3. The molecule has 0 fully saturated rings. The number of benzene rings is 2. The fourth-order valence-corrected chi connectivity index (χ4v) is 1.97. The fourth-order valence-electron chi connectivity index (χ4n) is 1.97. The van der Waals surface area contributed by atoms with Crippen LogP contribution >= 0.6 is 0 Å². The molecule has 0 heterocycles. The van der Waals surface area contributed by atoms with Crippen LogP contribution in [0.1, 0.15) is 17.2 Å². The molecular formula is C14H16FN3. The summed E-state index contributed by atoms with van der Waals surface area (Å²) in [6.45, 7) is 0. The number of nitrogens with one attached hydrogen (secondary N) is 1. The zero-order valence-electron chi connectivity index (χ0n) is 9.94. The van der Waals surface area contributed by atoms with Crippen LogP contribution in [-0.2, 0) is 6.42 Å². The average molecular weight is 245 g/mol. The van der Waals surface area contributed by atoms with Gasteiger partial charge >= 0.3 is 0 Å². The van der Waals surface area contributed by atoms with E-state index in [4.69, 9.17) is 11.6 Å². The highest BCUT2D eigenvalue weighted by molar-refractivity contribution is 5.48. The van der Waals surface area contributed by atoms with Gasteiger partial charge in [-0.15, -0.1) is 0 Å². The van der Waals surface area contributed by atoms with E-state index in [9.17, 15) is 4.39 Å². The second kappa shape index (κ2) is 5.62. The molecule has 4 heteroatoms. The van der Waals surface area contributed by atoms with Gasteiger partial charge in [-0.05, 0) is 29.7 Å². The first kappa shape index (κ1) is 12.5. The summed E-state index contributed by atoms with van der Waals surface area (Å²) in [6, 6.07) is 13.9. The number of nitrogens with two attached hydrogens (primary N) is 2. The Balaban J connectivity index is 2.26. The summed E-state index contributed by atoms with van der Waals surface area (Å²) in [5.74, 6) is 5.31. The van der Waals surface area contributed by atoms with E-state index in [0.717, 1.165) is 5.56 Å². The third-order valence-corrected chi connectivity index (χ3v) is 2.95. The fraction of sp³-hybridized carbons (Fsp3) is 0.143. The summed E-state index contributed by atoms with van der Waals surface area (Å²) in [5, 5.41) is 0. The first-order chi connectivity index (χ1) is 8.72. The molecule has 0 aliphatic rings. The first-order valence-electron chi connectivity index (χ1n) is 5.76. The van der Waals surface area contributed by atoms with Crippen LogP contribution in [0, 0.1) is 5.82 Å². The minimum Gasteiger partial charge on any atom is -0.398 e. The number of hydrazine groups is 1. The molecule has 1 atom stereocenters. The van der Waals surface area contributed by atoms with Crippen LogP contribution in [0.3, 0.4) is 0 Å². The highest BCUT2D eigenvalue weighted by Crippen LogP contribution is 2.23. The molecule has 0 saturated carbocycles. The Hall–Kier alpha value is -1.91. The van der Waals surface area contributed by atoms with Gasteiger partial charge in [0.1, 0.15) is 5.82 Å². The van der Waals surface area contributed by atoms with E-state index in [1.165, 1.54) is 6.07 Å². The molecule has 5 N–H and O–H groups in total. The van der Waals surface area contributed by atoms with Gasteiger partial charge in [0.05, 0.1) is 6.04 Å². The lowest BCUT2D eigenvalue weighted by Gasteiger charge is -2.18. The summed E-state index contributed by atoms with van der Waals surface area (Å²) in [7, 11) is 0. The Kier molecular flexibility index (Phi) is 3.92. The third kappa shape index (κ3) is 2.67. The number of anilines is 1. The number of nitrogen functional groups attached to an aromatic ring is 1. The molecule has 0 amide bonds.